The Morgan fingerprint density at radius 1 is 1.28 bits per heavy atom. The van der Waals surface area contributed by atoms with Crippen molar-refractivity contribution in [3.05, 3.63) is 36.2 Å². The van der Waals surface area contributed by atoms with E-state index in [4.69, 9.17) is 0 Å². The Kier molecular flexibility index (Phi) is 8.30. The fourth-order valence-electron chi connectivity index (χ4n) is 2.94. The SMILES string of the molecule is CCCn1ccnc1S[C@H](C)C(=O)Nc1ccc(C)c(S(=O)(=O)N(CC)CC)c1. The standard InChI is InChI=1S/C20H30N4O3S2/c1-6-12-23-13-11-21-20(23)28-16(5)19(25)22-17-10-9-15(4)18(14-17)29(26,27)24(7-2)8-3/h9-11,13-14,16H,6-8,12H2,1-5H3,(H,22,25)/t16-/m1/s1. The molecular weight excluding hydrogens is 408 g/mol. The fraction of sp³-hybridized carbons (Fsp3) is 0.500. The van der Waals surface area contributed by atoms with E-state index >= 15 is 0 Å². The Morgan fingerprint density at radius 3 is 2.59 bits per heavy atom. The predicted molar refractivity (Wildman–Crippen MR) is 118 cm³/mol. The minimum atomic E-state index is -3.60. The van der Waals surface area contributed by atoms with Gasteiger partial charge in [-0.1, -0.05) is 38.6 Å². The van der Waals surface area contributed by atoms with Crippen molar-refractivity contribution in [1.29, 1.82) is 0 Å². The number of rotatable bonds is 10. The normalized spacial score (nSPS) is 12.9. The summed E-state index contributed by atoms with van der Waals surface area (Å²) in [4.78, 5) is 17.2. The van der Waals surface area contributed by atoms with E-state index < -0.39 is 10.0 Å². The van der Waals surface area contributed by atoms with Crippen LogP contribution in [-0.2, 0) is 21.4 Å². The number of hydrogen-bond donors (Lipinski definition) is 1. The van der Waals surface area contributed by atoms with Crippen LogP contribution in [0.4, 0.5) is 5.69 Å². The maximum Gasteiger partial charge on any atom is 0.243 e. The van der Waals surface area contributed by atoms with Crippen molar-refractivity contribution in [2.45, 2.75) is 62.9 Å². The third-order valence-electron chi connectivity index (χ3n) is 4.57. The van der Waals surface area contributed by atoms with Gasteiger partial charge in [0.05, 0.1) is 10.1 Å². The molecule has 0 saturated heterocycles. The second kappa shape index (κ2) is 10.3. The van der Waals surface area contributed by atoms with E-state index in [9.17, 15) is 13.2 Å². The predicted octanol–water partition coefficient (Wildman–Crippen LogP) is 3.75. The molecule has 0 spiro atoms. The zero-order chi connectivity index (χ0) is 21.6. The molecule has 1 aromatic heterocycles. The van der Waals surface area contributed by atoms with Gasteiger partial charge in [0.15, 0.2) is 5.16 Å². The molecular formula is C20H30N4O3S2. The highest BCUT2D eigenvalue weighted by Crippen LogP contribution is 2.26. The zero-order valence-corrected chi connectivity index (χ0v) is 19.3. The third kappa shape index (κ3) is 5.61. The van der Waals surface area contributed by atoms with Crippen LogP contribution in [0.2, 0.25) is 0 Å². The van der Waals surface area contributed by atoms with Crippen molar-refractivity contribution in [1.82, 2.24) is 13.9 Å². The second-order valence-electron chi connectivity index (χ2n) is 6.72. The Morgan fingerprint density at radius 2 is 1.97 bits per heavy atom. The van der Waals surface area contributed by atoms with Crippen LogP contribution in [0.15, 0.2) is 40.6 Å². The molecule has 1 aromatic carbocycles. The summed E-state index contributed by atoms with van der Waals surface area (Å²) in [6.07, 6.45) is 4.62. The van der Waals surface area contributed by atoms with Crippen molar-refractivity contribution in [2.24, 2.45) is 0 Å². The smallest absolute Gasteiger partial charge is 0.243 e. The molecule has 0 aliphatic rings. The molecule has 0 saturated carbocycles. The molecule has 29 heavy (non-hydrogen) atoms. The van der Waals surface area contributed by atoms with Gasteiger partial charge >= 0.3 is 0 Å². The van der Waals surface area contributed by atoms with E-state index in [1.807, 2.05) is 31.5 Å². The first-order valence-corrected chi connectivity index (χ1v) is 12.2. The number of carbonyl (C=O) groups excluding carboxylic acids is 1. The summed E-state index contributed by atoms with van der Waals surface area (Å²) in [5.74, 6) is -0.198. The van der Waals surface area contributed by atoms with Gasteiger partial charge in [0, 0.05) is 37.7 Å². The van der Waals surface area contributed by atoms with E-state index in [1.165, 1.54) is 22.1 Å². The quantitative estimate of drug-likeness (QED) is 0.571. The average molecular weight is 439 g/mol. The summed E-state index contributed by atoms with van der Waals surface area (Å²) < 4.78 is 29.2. The van der Waals surface area contributed by atoms with Gasteiger partial charge in [-0.15, -0.1) is 0 Å². The van der Waals surface area contributed by atoms with Crippen LogP contribution in [0.25, 0.3) is 0 Å². The van der Waals surface area contributed by atoms with E-state index in [-0.39, 0.29) is 16.1 Å². The van der Waals surface area contributed by atoms with E-state index in [0.717, 1.165) is 18.1 Å². The summed E-state index contributed by atoms with van der Waals surface area (Å²) in [5, 5.41) is 3.26. The van der Waals surface area contributed by atoms with Crippen LogP contribution in [0.1, 0.15) is 39.7 Å². The van der Waals surface area contributed by atoms with Crippen molar-refractivity contribution < 1.29 is 13.2 Å². The lowest BCUT2D eigenvalue weighted by Gasteiger charge is -2.20. The van der Waals surface area contributed by atoms with Gasteiger partial charge in [0.25, 0.3) is 0 Å². The molecule has 0 aliphatic carbocycles. The number of imidazole rings is 1. The molecule has 0 unspecified atom stereocenters. The topological polar surface area (TPSA) is 84.3 Å². The van der Waals surface area contributed by atoms with Crippen molar-refractivity contribution in [2.75, 3.05) is 18.4 Å². The maximum atomic E-state index is 12.9. The number of aromatic nitrogens is 2. The number of aryl methyl sites for hydroxylation is 2. The molecule has 0 bridgehead atoms. The van der Waals surface area contributed by atoms with Gasteiger partial charge in [-0.2, -0.15) is 4.31 Å². The average Bonchev–Trinajstić information content (AvgIpc) is 3.11. The van der Waals surface area contributed by atoms with Crippen molar-refractivity contribution in [3.63, 3.8) is 0 Å². The van der Waals surface area contributed by atoms with Gasteiger partial charge in [0.2, 0.25) is 15.9 Å². The van der Waals surface area contributed by atoms with Crippen molar-refractivity contribution >= 4 is 33.4 Å². The summed E-state index contributed by atoms with van der Waals surface area (Å²) in [7, 11) is -3.60. The minimum absolute atomic E-state index is 0.198. The van der Waals surface area contributed by atoms with Crippen LogP contribution in [0, 0.1) is 6.92 Å². The molecule has 0 fully saturated rings. The molecule has 1 N–H and O–H groups in total. The Labute approximate surface area is 177 Å². The van der Waals surface area contributed by atoms with Gasteiger partial charge in [0.1, 0.15) is 0 Å². The van der Waals surface area contributed by atoms with Crippen LogP contribution >= 0.6 is 11.8 Å². The molecule has 1 amide bonds. The number of sulfonamides is 1. The van der Waals surface area contributed by atoms with Crippen LogP contribution in [-0.4, -0.2) is 46.5 Å². The largest absolute Gasteiger partial charge is 0.326 e. The van der Waals surface area contributed by atoms with Crippen LogP contribution in [0.5, 0.6) is 0 Å². The fourth-order valence-corrected chi connectivity index (χ4v) is 5.54. The Bertz CT molecular complexity index is 937. The first-order chi connectivity index (χ1) is 13.7. The maximum absolute atomic E-state index is 12.9. The Balaban J connectivity index is 2.17. The molecule has 0 aliphatic heterocycles. The van der Waals surface area contributed by atoms with E-state index in [1.54, 1.807) is 25.3 Å². The van der Waals surface area contributed by atoms with Gasteiger partial charge in [-0.3, -0.25) is 4.79 Å². The highest BCUT2D eigenvalue weighted by Gasteiger charge is 2.24. The second-order valence-corrected chi connectivity index (χ2v) is 9.94. The first kappa shape index (κ1) is 23.4. The number of nitrogens with one attached hydrogen (secondary N) is 1. The summed E-state index contributed by atoms with van der Waals surface area (Å²) in [6.45, 7) is 10.9. The minimum Gasteiger partial charge on any atom is -0.326 e. The molecule has 7 nitrogen and oxygen atoms in total. The molecule has 160 valence electrons. The number of carbonyl (C=O) groups is 1. The first-order valence-electron chi connectivity index (χ1n) is 9.83. The molecule has 2 aromatic rings. The highest BCUT2D eigenvalue weighted by atomic mass is 32.2. The third-order valence-corrected chi connectivity index (χ3v) is 7.88. The van der Waals surface area contributed by atoms with Gasteiger partial charge in [-0.25, -0.2) is 13.4 Å². The van der Waals surface area contributed by atoms with Gasteiger partial charge in [-0.05, 0) is 38.0 Å². The number of benzene rings is 1. The lowest BCUT2D eigenvalue weighted by atomic mass is 10.2. The molecule has 9 heteroatoms. The summed E-state index contributed by atoms with van der Waals surface area (Å²) >= 11 is 1.38. The number of amides is 1. The van der Waals surface area contributed by atoms with Crippen molar-refractivity contribution in [3.8, 4) is 0 Å². The molecule has 1 atom stereocenters. The summed E-state index contributed by atoms with van der Waals surface area (Å²) in [6, 6.07) is 4.98. The lowest BCUT2D eigenvalue weighted by Crippen LogP contribution is -2.31. The highest BCUT2D eigenvalue weighted by molar-refractivity contribution is 8.00. The lowest BCUT2D eigenvalue weighted by molar-refractivity contribution is -0.115. The zero-order valence-electron chi connectivity index (χ0n) is 17.7. The number of anilines is 1. The van der Waals surface area contributed by atoms with Crippen LogP contribution in [0.3, 0.4) is 0 Å². The molecule has 1 heterocycles. The number of hydrogen-bond acceptors (Lipinski definition) is 5. The van der Waals surface area contributed by atoms with Crippen LogP contribution < -0.4 is 5.32 Å². The van der Waals surface area contributed by atoms with E-state index in [0.29, 0.717) is 24.3 Å². The number of thioether (sulfide) groups is 1. The van der Waals surface area contributed by atoms with E-state index in [2.05, 4.69) is 17.2 Å². The monoisotopic (exact) mass is 438 g/mol. The van der Waals surface area contributed by atoms with Gasteiger partial charge < -0.3 is 9.88 Å². The molecule has 0 radical (unpaired) electrons. The molecule has 2 rings (SSSR count). The number of nitrogens with zero attached hydrogens (tertiary/aromatic N) is 3. The Hall–Kier alpha value is -1.84. The summed E-state index contributed by atoms with van der Waals surface area (Å²) in [5.41, 5.74) is 1.12.